The molecule has 1 heterocycles. The van der Waals surface area contributed by atoms with Crippen LogP contribution < -0.4 is 15.4 Å². The zero-order chi connectivity index (χ0) is 12.3. The first kappa shape index (κ1) is 11.7. The molecule has 0 bridgehead atoms. The predicted molar refractivity (Wildman–Crippen MR) is 62.9 cm³/mol. The van der Waals surface area contributed by atoms with Gasteiger partial charge in [-0.3, -0.25) is 4.79 Å². The van der Waals surface area contributed by atoms with Crippen LogP contribution in [0.5, 0.6) is 11.5 Å². The average molecular weight is 236 g/mol. The highest BCUT2D eigenvalue weighted by atomic mass is 16.5. The third-order valence-corrected chi connectivity index (χ3v) is 2.82. The number of carbonyl (C=O) groups is 1. The molecule has 1 aromatic rings. The van der Waals surface area contributed by atoms with Crippen molar-refractivity contribution in [3.05, 3.63) is 23.8 Å². The molecule has 1 amide bonds. The lowest BCUT2D eigenvalue weighted by Gasteiger charge is -2.11. The minimum absolute atomic E-state index is 0.0834. The van der Waals surface area contributed by atoms with Gasteiger partial charge in [0.1, 0.15) is 0 Å². The number of ether oxygens (including phenoxy) is 1. The molecule has 2 rings (SSSR count). The average Bonchev–Trinajstić information content (AvgIpc) is 2.73. The van der Waals surface area contributed by atoms with Crippen LogP contribution in [0.15, 0.2) is 18.2 Å². The molecule has 0 spiro atoms. The lowest BCUT2D eigenvalue weighted by Crippen LogP contribution is -2.30. The molecule has 1 unspecified atom stereocenters. The number of amides is 1. The molecule has 5 heteroatoms. The van der Waals surface area contributed by atoms with Crippen LogP contribution in [0.1, 0.15) is 12.0 Å². The Morgan fingerprint density at radius 2 is 2.41 bits per heavy atom. The van der Waals surface area contributed by atoms with Gasteiger partial charge in [0.05, 0.1) is 7.11 Å². The quantitative estimate of drug-likeness (QED) is 0.706. The van der Waals surface area contributed by atoms with Gasteiger partial charge in [-0.15, -0.1) is 0 Å². The fourth-order valence-electron chi connectivity index (χ4n) is 1.86. The Kier molecular flexibility index (Phi) is 3.49. The summed E-state index contributed by atoms with van der Waals surface area (Å²) in [5, 5.41) is 15.6. The van der Waals surface area contributed by atoms with Crippen LogP contribution in [-0.4, -0.2) is 30.7 Å². The van der Waals surface area contributed by atoms with Crippen molar-refractivity contribution in [1.82, 2.24) is 10.6 Å². The van der Waals surface area contributed by atoms with Crippen molar-refractivity contribution in [2.24, 2.45) is 0 Å². The Balaban J connectivity index is 1.91. The molecule has 92 valence electrons. The van der Waals surface area contributed by atoms with Gasteiger partial charge in [0.2, 0.25) is 5.91 Å². The van der Waals surface area contributed by atoms with Crippen LogP contribution in [-0.2, 0) is 11.3 Å². The molecule has 3 N–H and O–H groups in total. The highest BCUT2D eigenvalue weighted by molar-refractivity contribution is 5.78. The van der Waals surface area contributed by atoms with E-state index in [0.29, 0.717) is 25.3 Å². The van der Waals surface area contributed by atoms with E-state index in [1.165, 1.54) is 7.11 Å². The van der Waals surface area contributed by atoms with Crippen molar-refractivity contribution in [1.29, 1.82) is 0 Å². The molecule has 1 aliphatic rings. The molecule has 1 fully saturated rings. The van der Waals surface area contributed by atoms with E-state index in [1.54, 1.807) is 12.1 Å². The molecule has 1 atom stereocenters. The number of hydrogen-bond donors (Lipinski definition) is 3. The summed E-state index contributed by atoms with van der Waals surface area (Å²) in [6.07, 6.45) is 0.516. The molecule has 17 heavy (non-hydrogen) atoms. The van der Waals surface area contributed by atoms with E-state index in [-0.39, 0.29) is 17.7 Å². The molecule has 0 aromatic heterocycles. The fraction of sp³-hybridized carbons (Fsp3) is 0.417. The third-order valence-electron chi connectivity index (χ3n) is 2.82. The van der Waals surface area contributed by atoms with E-state index in [9.17, 15) is 9.90 Å². The summed E-state index contributed by atoms with van der Waals surface area (Å²) in [5.74, 6) is 0.680. The zero-order valence-corrected chi connectivity index (χ0v) is 9.69. The van der Waals surface area contributed by atoms with Gasteiger partial charge in [0.25, 0.3) is 0 Å². The number of aromatic hydroxyl groups is 1. The second kappa shape index (κ2) is 5.05. The van der Waals surface area contributed by atoms with Crippen LogP contribution in [0.25, 0.3) is 0 Å². The van der Waals surface area contributed by atoms with Gasteiger partial charge < -0.3 is 20.5 Å². The first-order valence-corrected chi connectivity index (χ1v) is 5.55. The van der Waals surface area contributed by atoms with Crippen molar-refractivity contribution < 1.29 is 14.6 Å². The Bertz CT molecular complexity index is 420. The minimum atomic E-state index is 0.0834. The molecule has 1 aliphatic heterocycles. The number of phenolic OH excluding ortho intramolecular Hbond substituents is 1. The van der Waals surface area contributed by atoms with E-state index in [2.05, 4.69) is 10.6 Å². The first-order chi connectivity index (χ1) is 8.19. The Hall–Kier alpha value is -1.75. The van der Waals surface area contributed by atoms with Gasteiger partial charge in [0.15, 0.2) is 11.5 Å². The van der Waals surface area contributed by atoms with Gasteiger partial charge in [-0.2, -0.15) is 0 Å². The summed E-state index contributed by atoms with van der Waals surface area (Å²) >= 11 is 0. The highest BCUT2D eigenvalue weighted by Crippen LogP contribution is 2.26. The number of methoxy groups -OCH3 is 1. The van der Waals surface area contributed by atoms with E-state index in [4.69, 9.17) is 4.74 Å². The van der Waals surface area contributed by atoms with Crippen molar-refractivity contribution in [3.8, 4) is 11.5 Å². The third kappa shape index (κ3) is 2.88. The van der Waals surface area contributed by atoms with Gasteiger partial charge >= 0.3 is 0 Å². The number of nitrogens with one attached hydrogen (secondary N) is 2. The standard InChI is InChI=1S/C12H16N2O3/c1-17-11-3-2-8(4-10(11)15)6-13-9-5-12(16)14-7-9/h2-4,9,13,15H,5-7H2,1H3,(H,14,16). The number of carbonyl (C=O) groups excluding carboxylic acids is 1. The monoisotopic (exact) mass is 236 g/mol. The summed E-state index contributed by atoms with van der Waals surface area (Å²) in [6, 6.07) is 5.45. The van der Waals surface area contributed by atoms with Crippen LogP contribution >= 0.6 is 0 Å². The van der Waals surface area contributed by atoms with Crippen LogP contribution in [0.3, 0.4) is 0 Å². The normalized spacial score (nSPS) is 19.1. The number of hydrogen-bond acceptors (Lipinski definition) is 4. The van der Waals surface area contributed by atoms with Gasteiger partial charge in [-0.1, -0.05) is 6.07 Å². The van der Waals surface area contributed by atoms with Crippen molar-refractivity contribution in [3.63, 3.8) is 0 Å². The zero-order valence-electron chi connectivity index (χ0n) is 9.69. The van der Waals surface area contributed by atoms with Gasteiger partial charge in [-0.05, 0) is 17.7 Å². The maximum absolute atomic E-state index is 11.0. The van der Waals surface area contributed by atoms with E-state index < -0.39 is 0 Å². The molecule has 5 nitrogen and oxygen atoms in total. The minimum Gasteiger partial charge on any atom is -0.504 e. The maximum Gasteiger partial charge on any atom is 0.221 e. The van der Waals surface area contributed by atoms with Crippen LogP contribution in [0.2, 0.25) is 0 Å². The molecule has 1 saturated heterocycles. The van der Waals surface area contributed by atoms with Crippen LogP contribution in [0.4, 0.5) is 0 Å². The first-order valence-electron chi connectivity index (χ1n) is 5.55. The lowest BCUT2D eigenvalue weighted by atomic mass is 10.2. The second-order valence-electron chi connectivity index (χ2n) is 4.09. The van der Waals surface area contributed by atoms with Crippen LogP contribution in [0, 0.1) is 0 Å². The number of benzene rings is 1. The Morgan fingerprint density at radius 1 is 1.59 bits per heavy atom. The molecule has 0 radical (unpaired) electrons. The largest absolute Gasteiger partial charge is 0.504 e. The fourth-order valence-corrected chi connectivity index (χ4v) is 1.86. The van der Waals surface area contributed by atoms with E-state index in [1.807, 2.05) is 6.07 Å². The highest BCUT2D eigenvalue weighted by Gasteiger charge is 2.20. The van der Waals surface area contributed by atoms with Crippen molar-refractivity contribution in [2.75, 3.05) is 13.7 Å². The van der Waals surface area contributed by atoms with E-state index >= 15 is 0 Å². The second-order valence-corrected chi connectivity index (χ2v) is 4.09. The molecule has 1 aromatic carbocycles. The summed E-state index contributed by atoms with van der Waals surface area (Å²) in [4.78, 5) is 11.0. The van der Waals surface area contributed by atoms with Gasteiger partial charge in [0, 0.05) is 25.6 Å². The number of rotatable bonds is 4. The topological polar surface area (TPSA) is 70.6 Å². The predicted octanol–water partition coefficient (Wildman–Crippen LogP) is 0.379. The summed E-state index contributed by atoms with van der Waals surface area (Å²) in [5.41, 5.74) is 0.961. The van der Waals surface area contributed by atoms with Gasteiger partial charge in [-0.25, -0.2) is 0 Å². The summed E-state index contributed by atoms with van der Waals surface area (Å²) < 4.78 is 4.97. The molecular formula is C12H16N2O3. The van der Waals surface area contributed by atoms with Crippen molar-refractivity contribution in [2.45, 2.75) is 19.0 Å². The van der Waals surface area contributed by atoms with E-state index in [0.717, 1.165) is 5.56 Å². The maximum atomic E-state index is 11.0. The summed E-state index contributed by atoms with van der Waals surface area (Å²) in [7, 11) is 1.52. The molecule has 0 aliphatic carbocycles. The lowest BCUT2D eigenvalue weighted by molar-refractivity contribution is -0.119. The summed E-state index contributed by atoms with van der Waals surface area (Å²) in [6.45, 7) is 1.29. The Labute approximate surface area is 99.8 Å². The number of phenols is 1. The molecular weight excluding hydrogens is 220 g/mol. The smallest absolute Gasteiger partial charge is 0.221 e. The Morgan fingerprint density at radius 3 is 3.00 bits per heavy atom. The molecule has 0 saturated carbocycles. The SMILES string of the molecule is COc1ccc(CNC2CNC(=O)C2)cc1O. The van der Waals surface area contributed by atoms with Crippen molar-refractivity contribution >= 4 is 5.91 Å².